The van der Waals surface area contributed by atoms with Gasteiger partial charge in [-0.2, -0.15) is 0 Å². The van der Waals surface area contributed by atoms with Gasteiger partial charge in [0.1, 0.15) is 0 Å². The summed E-state index contributed by atoms with van der Waals surface area (Å²) in [6.45, 7) is 10.1. The van der Waals surface area contributed by atoms with Crippen LogP contribution in [0.15, 0.2) is 29.3 Å². The highest BCUT2D eigenvalue weighted by molar-refractivity contribution is 6.30. The van der Waals surface area contributed by atoms with Crippen LogP contribution in [0, 0.1) is 0 Å². The van der Waals surface area contributed by atoms with Gasteiger partial charge in [-0.15, -0.1) is 0 Å². The van der Waals surface area contributed by atoms with Crippen molar-refractivity contribution in [3.63, 3.8) is 0 Å². The zero-order chi connectivity index (χ0) is 18.4. The zero-order valence-corrected chi connectivity index (χ0v) is 16.5. The summed E-state index contributed by atoms with van der Waals surface area (Å²) in [4.78, 5) is 14.1. The third kappa shape index (κ3) is 5.50. The molecule has 2 N–H and O–H groups in total. The summed E-state index contributed by atoms with van der Waals surface area (Å²) in [6.07, 6.45) is 1.24. The monoisotopic (exact) mass is 378 g/mol. The maximum Gasteiger partial charge on any atom is 0.191 e. The van der Waals surface area contributed by atoms with Crippen LogP contribution in [0.25, 0.3) is 0 Å². The Hall–Kier alpha value is -1.50. The fourth-order valence-corrected chi connectivity index (χ4v) is 3.70. The van der Waals surface area contributed by atoms with Crippen LogP contribution >= 0.6 is 11.6 Å². The number of likely N-dealkylation sites (N-methyl/N-ethyl adjacent to an activating group) is 1. The largest absolute Gasteiger partial charge is 0.370 e. The molecular weight excluding hydrogens is 348 g/mol. The van der Waals surface area contributed by atoms with Crippen molar-refractivity contribution in [1.29, 1.82) is 0 Å². The molecule has 2 aliphatic heterocycles. The van der Waals surface area contributed by atoms with E-state index in [1.807, 2.05) is 12.1 Å². The van der Waals surface area contributed by atoms with Crippen molar-refractivity contribution in [2.75, 3.05) is 77.4 Å². The van der Waals surface area contributed by atoms with E-state index >= 15 is 0 Å². The standard InChI is InChI=1S/C19H31ClN6/c1-23-8-2-9-24(12-11-23)10-7-22-19(21)26-15-13-25(14-16-26)18-5-3-17(20)4-6-18/h3-6H,2,7-16H2,1H3,(H2,21,22). The van der Waals surface area contributed by atoms with Crippen molar-refractivity contribution >= 4 is 23.2 Å². The molecule has 0 saturated carbocycles. The molecule has 0 unspecified atom stereocenters. The lowest BCUT2D eigenvalue weighted by molar-refractivity contribution is 0.282. The second-order valence-corrected chi connectivity index (χ2v) is 7.63. The summed E-state index contributed by atoms with van der Waals surface area (Å²) >= 11 is 5.97. The fourth-order valence-electron chi connectivity index (χ4n) is 3.58. The van der Waals surface area contributed by atoms with E-state index in [-0.39, 0.29) is 0 Å². The first-order valence-electron chi connectivity index (χ1n) is 9.58. The van der Waals surface area contributed by atoms with E-state index in [1.54, 1.807) is 0 Å². The maximum atomic E-state index is 6.23. The van der Waals surface area contributed by atoms with Gasteiger partial charge in [-0.1, -0.05) is 11.6 Å². The summed E-state index contributed by atoms with van der Waals surface area (Å²) in [6, 6.07) is 8.04. The van der Waals surface area contributed by atoms with Gasteiger partial charge in [0.2, 0.25) is 0 Å². The Morgan fingerprint density at radius 3 is 2.46 bits per heavy atom. The number of hydrogen-bond donors (Lipinski definition) is 1. The first kappa shape index (κ1) is 19.3. The molecule has 0 spiro atoms. The van der Waals surface area contributed by atoms with E-state index in [2.05, 4.69) is 43.8 Å². The van der Waals surface area contributed by atoms with E-state index in [4.69, 9.17) is 17.3 Å². The lowest BCUT2D eigenvalue weighted by Gasteiger charge is -2.36. The molecule has 0 aromatic heterocycles. The topological polar surface area (TPSA) is 51.3 Å². The predicted octanol–water partition coefficient (Wildman–Crippen LogP) is 1.41. The Bertz CT molecular complexity index is 582. The molecule has 1 aromatic rings. The van der Waals surface area contributed by atoms with Crippen molar-refractivity contribution in [3.05, 3.63) is 29.3 Å². The molecule has 0 aliphatic carbocycles. The molecule has 0 atom stereocenters. The van der Waals surface area contributed by atoms with Crippen molar-refractivity contribution in [2.45, 2.75) is 6.42 Å². The SMILES string of the molecule is CN1CCCN(CCN=C(N)N2CCN(c3ccc(Cl)cc3)CC2)CC1. The third-order valence-corrected chi connectivity index (χ3v) is 5.55. The number of nitrogens with zero attached hydrogens (tertiary/aromatic N) is 5. The van der Waals surface area contributed by atoms with Crippen LogP contribution in [0.1, 0.15) is 6.42 Å². The summed E-state index contributed by atoms with van der Waals surface area (Å²) in [5.41, 5.74) is 7.45. The highest BCUT2D eigenvalue weighted by Crippen LogP contribution is 2.19. The molecule has 0 amide bonds. The zero-order valence-electron chi connectivity index (χ0n) is 15.8. The van der Waals surface area contributed by atoms with E-state index in [0.717, 1.165) is 57.4 Å². The molecule has 1 aromatic carbocycles. The number of halogens is 1. The molecule has 2 heterocycles. The van der Waals surface area contributed by atoms with Crippen molar-refractivity contribution in [3.8, 4) is 0 Å². The van der Waals surface area contributed by atoms with Crippen LogP contribution in [-0.2, 0) is 0 Å². The van der Waals surface area contributed by atoms with Crippen LogP contribution in [0.5, 0.6) is 0 Å². The molecule has 6 nitrogen and oxygen atoms in total. The summed E-state index contributed by atoms with van der Waals surface area (Å²) in [5.74, 6) is 0.688. The Kier molecular flexibility index (Phi) is 7.00. The molecule has 144 valence electrons. The van der Waals surface area contributed by atoms with Crippen molar-refractivity contribution in [2.24, 2.45) is 10.7 Å². The van der Waals surface area contributed by atoms with Gasteiger partial charge in [-0.25, -0.2) is 0 Å². The minimum Gasteiger partial charge on any atom is -0.370 e. The highest BCUT2D eigenvalue weighted by Gasteiger charge is 2.18. The van der Waals surface area contributed by atoms with Crippen LogP contribution in [0.3, 0.4) is 0 Å². The molecule has 7 heteroatoms. The molecule has 26 heavy (non-hydrogen) atoms. The van der Waals surface area contributed by atoms with Crippen LogP contribution in [0.4, 0.5) is 5.69 Å². The third-order valence-electron chi connectivity index (χ3n) is 5.30. The predicted molar refractivity (Wildman–Crippen MR) is 110 cm³/mol. The first-order valence-corrected chi connectivity index (χ1v) is 9.96. The molecule has 0 radical (unpaired) electrons. The van der Waals surface area contributed by atoms with Gasteiger partial charge >= 0.3 is 0 Å². The molecule has 3 rings (SSSR count). The first-order chi connectivity index (χ1) is 12.6. The fraction of sp³-hybridized carbons (Fsp3) is 0.632. The van der Waals surface area contributed by atoms with Gasteiger partial charge in [0.05, 0.1) is 6.54 Å². The van der Waals surface area contributed by atoms with Crippen molar-refractivity contribution in [1.82, 2.24) is 14.7 Å². The molecule has 2 fully saturated rings. The number of rotatable bonds is 4. The normalized spacial score (nSPS) is 21.1. The number of hydrogen-bond acceptors (Lipinski definition) is 4. The van der Waals surface area contributed by atoms with Crippen molar-refractivity contribution < 1.29 is 0 Å². The summed E-state index contributed by atoms with van der Waals surface area (Å²) in [5, 5.41) is 0.778. The second kappa shape index (κ2) is 9.44. The Morgan fingerprint density at radius 2 is 1.73 bits per heavy atom. The van der Waals surface area contributed by atoms with Crippen LogP contribution in [0.2, 0.25) is 5.02 Å². The Morgan fingerprint density at radius 1 is 1.00 bits per heavy atom. The molecule has 2 saturated heterocycles. The van der Waals surface area contributed by atoms with Gasteiger partial charge in [-0.3, -0.25) is 4.99 Å². The second-order valence-electron chi connectivity index (χ2n) is 7.19. The van der Waals surface area contributed by atoms with Gasteiger partial charge in [0.15, 0.2) is 5.96 Å². The van der Waals surface area contributed by atoms with Gasteiger partial charge in [0.25, 0.3) is 0 Å². The number of anilines is 1. The average molecular weight is 379 g/mol. The van der Waals surface area contributed by atoms with E-state index in [0.29, 0.717) is 5.96 Å². The average Bonchev–Trinajstić information content (AvgIpc) is 2.87. The van der Waals surface area contributed by atoms with Gasteiger partial charge < -0.3 is 25.3 Å². The number of piperazine rings is 1. The van der Waals surface area contributed by atoms with Gasteiger partial charge in [-0.05, 0) is 50.8 Å². The number of nitrogens with two attached hydrogens (primary N) is 1. The van der Waals surface area contributed by atoms with Gasteiger partial charge in [0, 0.05) is 56.5 Å². The number of benzene rings is 1. The smallest absolute Gasteiger partial charge is 0.191 e. The quantitative estimate of drug-likeness (QED) is 0.634. The minimum absolute atomic E-state index is 0.688. The Balaban J connectivity index is 1.42. The minimum atomic E-state index is 0.688. The lowest BCUT2D eigenvalue weighted by Crippen LogP contribution is -2.51. The lowest BCUT2D eigenvalue weighted by atomic mass is 10.2. The van der Waals surface area contributed by atoms with Crippen LogP contribution < -0.4 is 10.6 Å². The van der Waals surface area contributed by atoms with E-state index in [1.165, 1.54) is 25.2 Å². The summed E-state index contributed by atoms with van der Waals surface area (Å²) < 4.78 is 0. The number of guanidine groups is 1. The molecular formula is C19H31ClN6. The van der Waals surface area contributed by atoms with E-state index in [9.17, 15) is 0 Å². The number of aliphatic imine (C=N–C) groups is 1. The van der Waals surface area contributed by atoms with E-state index < -0.39 is 0 Å². The molecule has 0 bridgehead atoms. The highest BCUT2D eigenvalue weighted by atomic mass is 35.5. The summed E-state index contributed by atoms with van der Waals surface area (Å²) in [7, 11) is 2.20. The van der Waals surface area contributed by atoms with Crippen LogP contribution in [-0.4, -0.2) is 93.2 Å². The maximum absolute atomic E-state index is 6.23. The molecule has 2 aliphatic rings. The Labute approximate surface area is 162 Å².